The van der Waals surface area contributed by atoms with E-state index >= 15 is 0 Å². The Bertz CT molecular complexity index is 1790. The second kappa shape index (κ2) is 43.3. The van der Waals surface area contributed by atoms with Crippen LogP contribution in [0.25, 0.3) is 0 Å². The molecule has 0 bridgehead atoms. The summed E-state index contributed by atoms with van der Waals surface area (Å²) in [5, 5.41) is 40.6. The van der Waals surface area contributed by atoms with E-state index < -0.39 is 32.2 Å². The first-order chi connectivity index (χ1) is 37.0. The number of unbranched alkanes of at least 4 members (excludes halogenated alkanes) is 20. The molecule has 77 heavy (non-hydrogen) atoms. The van der Waals surface area contributed by atoms with Crippen molar-refractivity contribution in [2.24, 2.45) is 0 Å². The molecule has 0 aliphatic rings. The van der Waals surface area contributed by atoms with Crippen molar-refractivity contribution in [2.45, 2.75) is 193 Å². The van der Waals surface area contributed by atoms with Gasteiger partial charge in [-0.3, -0.25) is 39.6 Å². The van der Waals surface area contributed by atoms with Gasteiger partial charge in [0, 0.05) is 79.9 Å². The minimum absolute atomic E-state index is 0.00960. The van der Waals surface area contributed by atoms with Gasteiger partial charge in [-0.15, -0.1) is 0 Å². The van der Waals surface area contributed by atoms with Crippen molar-refractivity contribution >= 4 is 54.7 Å². The molecule has 16 heteroatoms. The van der Waals surface area contributed by atoms with Gasteiger partial charge in [-0.2, -0.15) is 0 Å². The maximum atomic E-state index is 12.6. The summed E-state index contributed by atoms with van der Waals surface area (Å²) in [6, 6.07) is 22.2. The Labute approximate surface area is 468 Å². The van der Waals surface area contributed by atoms with Crippen LogP contribution in [0.1, 0.15) is 193 Å². The molecular formula is C61H108N6O8P2+2. The Morgan fingerprint density at radius 2 is 0.662 bits per heavy atom. The van der Waals surface area contributed by atoms with E-state index in [0.29, 0.717) is 61.7 Å². The van der Waals surface area contributed by atoms with Crippen LogP contribution < -0.4 is 21.2 Å². The molecule has 2 rings (SSSR count). The molecule has 0 aromatic heterocycles. The standard InChI is InChI=1S/C61H106N6O8P2/c1-55(68)65(73)50-32-20-27-45-62-58(69)41-43-60(71)66(74)51-33-21-28-46-63-59(70)42-44-61(72)67(75)52-34-22-31-49-64(47-29-14-10-6-8-12-16-35-53-76(2,3)56-37-23-18-24-38-56)48-30-15-11-7-9-13-17-36-54-77(4,5)57-39-25-19-26-40-57/h18-19,23-26,37-40,73-75H,6-17,20-22,27-36,41-54H2,1-5H3/p+2. The highest BCUT2D eigenvalue weighted by Crippen LogP contribution is 2.51. The first-order valence-corrected chi connectivity index (χ1v) is 35.7. The quantitative estimate of drug-likeness (QED) is 0.0186. The van der Waals surface area contributed by atoms with Gasteiger partial charge in [0.1, 0.15) is 0 Å². The lowest BCUT2D eigenvalue weighted by Crippen LogP contribution is -2.31. The molecule has 2 aromatic carbocycles. The van der Waals surface area contributed by atoms with Gasteiger partial charge in [0.25, 0.3) is 0 Å². The molecule has 0 saturated heterocycles. The zero-order chi connectivity index (χ0) is 56.4. The molecule has 0 radical (unpaired) electrons. The Morgan fingerprint density at radius 1 is 0.377 bits per heavy atom. The van der Waals surface area contributed by atoms with Crippen molar-refractivity contribution in [2.75, 3.05) is 91.3 Å². The van der Waals surface area contributed by atoms with Crippen molar-refractivity contribution in [3.05, 3.63) is 60.7 Å². The highest BCUT2D eigenvalue weighted by molar-refractivity contribution is 7.81. The molecule has 0 aliphatic carbocycles. The second-order valence-corrected chi connectivity index (χ2v) is 31.2. The largest absolute Gasteiger partial charge is 0.356 e. The molecule has 14 nitrogen and oxygen atoms in total. The molecule has 0 aliphatic heterocycles. The smallest absolute Gasteiger partial charge is 0.246 e. The van der Waals surface area contributed by atoms with Gasteiger partial charge in [-0.05, 0) is 134 Å². The highest BCUT2D eigenvalue weighted by Gasteiger charge is 2.28. The zero-order valence-corrected chi connectivity index (χ0v) is 50.7. The Morgan fingerprint density at radius 3 is 1.01 bits per heavy atom. The number of nitrogens with one attached hydrogen (secondary N) is 2. The van der Waals surface area contributed by atoms with Gasteiger partial charge >= 0.3 is 0 Å². The van der Waals surface area contributed by atoms with Gasteiger partial charge < -0.3 is 15.5 Å². The number of amides is 5. The van der Waals surface area contributed by atoms with E-state index in [1.165, 1.54) is 122 Å². The van der Waals surface area contributed by atoms with Gasteiger partial charge in [-0.25, -0.2) is 15.2 Å². The van der Waals surface area contributed by atoms with Gasteiger partial charge in [0.2, 0.25) is 29.5 Å². The normalized spacial score (nSPS) is 11.7. The lowest BCUT2D eigenvalue weighted by Gasteiger charge is -2.23. The van der Waals surface area contributed by atoms with Gasteiger partial charge in [0.15, 0.2) is 0 Å². The molecule has 0 heterocycles. The van der Waals surface area contributed by atoms with Crippen LogP contribution in [0.15, 0.2) is 60.7 Å². The minimum Gasteiger partial charge on any atom is -0.356 e. The summed E-state index contributed by atoms with van der Waals surface area (Å²) < 4.78 is 0. The molecule has 5 N–H and O–H groups in total. The van der Waals surface area contributed by atoms with Crippen LogP contribution in [-0.4, -0.2) is 157 Å². The molecular weight excluding hydrogens is 1010 g/mol. The summed E-state index contributed by atoms with van der Waals surface area (Å²) in [5.74, 6) is -1.96. The van der Waals surface area contributed by atoms with Gasteiger partial charge in [0.05, 0.1) is 49.6 Å². The van der Waals surface area contributed by atoms with Crippen molar-refractivity contribution < 1.29 is 39.6 Å². The first kappa shape index (κ1) is 69.6. The zero-order valence-electron chi connectivity index (χ0n) is 48.9. The monoisotopic (exact) mass is 1110 g/mol. The topological polar surface area (TPSA) is 183 Å². The summed E-state index contributed by atoms with van der Waals surface area (Å²) in [4.78, 5) is 63.0. The Hall–Kier alpha value is -3.51. The van der Waals surface area contributed by atoms with Crippen molar-refractivity contribution in [3.63, 3.8) is 0 Å². The van der Waals surface area contributed by atoms with Crippen LogP contribution in [0.2, 0.25) is 0 Å². The summed E-state index contributed by atoms with van der Waals surface area (Å²) >= 11 is 0. The number of hydrogen-bond donors (Lipinski definition) is 5. The summed E-state index contributed by atoms with van der Waals surface area (Å²) in [6.07, 6.45) is 30.0. The van der Waals surface area contributed by atoms with Crippen LogP contribution in [-0.2, 0) is 24.0 Å². The molecule has 438 valence electrons. The van der Waals surface area contributed by atoms with E-state index in [-0.39, 0.29) is 57.1 Å². The molecule has 0 spiro atoms. The van der Waals surface area contributed by atoms with Crippen LogP contribution in [0.5, 0.6) is 0 Å². The summed E-state index contributed by atoms with van der Waals surface area (Å²) in [5.41, 5.74) is 0. The molecule has 5 amide bonds. The number of hydrogen-bond acceptors (Lipinski definition) is 9. The number of hydroxylamine groups is 6. The van der Waals surface area contributed by atoms with Crippen LogP contribution >= 0.6 is 14.5 Å². The SMILES string of the molecule is CC(=O)N(O)CCCCCNC(=O)CCC(=O)N(O)CCCCCNC(=O)CCC(=O)N(O)CCCCCN(CCCCCCCCCC[P+](C)(C)c1ccccc1)CCCCCCCCCC[P+](C)(C)c1ccccc1. The first-order valence-electron chi connectivity index (χ1n) is 30.0. The number of carbonyl (C=O) groups is 5. The predicted molar refractivity (Wildman–Crippen MR) is 322 cm³/mol. The average molecular weight is 1120 g/mol. The van der Waals surface area contributed by atoms with Crippen LogP contribution in [0.3, 0.4) is 0 Å². The minimum atomic E-state index is -1.02. The van der Waals surface area contributed by atoms with Crippen LogP contribution in [0, 0.1) is 0 Å². The maximum Gasteiger partial charge on any atom is 0.246 e. The van der Waals surface area contributed by atoms with Crippen LogP contribution in [0.4, 0.5) is 0 Å². The third-order valence-electron chi connectivity index (χ3n) is 14.9. The van der Waals surface area contributed by atoms with E-state index in [2.05, 4.69) is 103 Å². The molecule has 0 saturated carbocycles. The second-order valence-electron chi connectivity index (χ2n) is 22.5. The fourth-order valence-corrected chi connectivity index (χ4v) is 14.2. The summed E-state index contributed by atoms with van der Waals surface area (Å²) in [6.45, 7) is 16.0. The third kappa shape index (κ3) is 35.7. The van der Waals surface area contributed by atoms with Crippen molar-refractivity contribution in [3.8, 4) is 0 Å². The van der Waals surface area contributed by atoms with Crippen molar-refractivity contribution in [1.29, 1.82) is 0 Å². The fourth-order valence-electron chi connectivity index (χ4n) is 9.70. The highest BCUT2D eigenvalue weighted by atomic mass is 31.2. The third-order valence-corrected chi connectivity index (χ3v) is 21.2. The molecule has 0 fully saturated rings. The number of nitrogens with zero attached hydrogens (tertiary/aromatic N) is 4. The molecule has 0 atom stereocenters. The Balaban J connectivity index is 1.58. The van der Waals surface area contributed by atoms with Crippen molar-refractivity contribution in [1.82, 2.24) is 30.7 Å². The maximum absolute atomic E-state index is 12.6. The number of rotatable bonds is 48. The lowest BCUT2D eigenvalue weighted by atomic mass is 10.1. The Kier molecular flexibility index (Phi) is 39.1. The lowest BCUT2D eigenvalue weighted by molar-refractivity contribution is -0.166. The molecule has 2 aromatic rings. The van der Waals surface area contributed by atoms with E-state index in [9.17, 15) is 39.6 Å². The summed E-state index contributed by atoms with van der Waals surface area (Å²) in [7, 11) is -2.03. The van der Waals surface area contributed by atoms with Gasteiger partial charge in [-0.1, -0.05) is 107 Å². The average Bonchev–Trinajstić information content (AvgIpc) is 3.42. The molecule has 0 unspecified atom stereocenters. The fraction of sp³-hybridized carbons (Fsp3) is 0.721. The number of carbonyl (C=O) groups excluding carboxylic acids is 5. The number of benzene rings is 2. The van der Waals surface area contributed by atoms with E-state index in [4.69, 9.17) is 0 Å². The van der Waals surface area contributed by atoms with E-state index in [1.54, 1.807) is 10.6 Å². The van der Waals surface area contributed by atoms with E-state index in [1.807, 2.05) is 0 Å². The van der Waals surface area contributed by atoms with E-state index in [0.717, 1.165) is 44.0 Å². The predicted octanol–water partition coefficient (Wildman–Crippen LogP) is 11.7.